The zero-order valence-electron chi connectivity index (χ0n) is 14.4. The summed E-state index contributed by atoms with van der Waals surface area (Å²) >= 11 is 0. The summed E-state index contributed by atoms with van der Waals surface area (Å²) < 4.78 is 0. The molecule has 3 N–H and O–H groups in total. The third-order valence-corrected chi connectivity index (χ3v) is 4.09. The van der Waals surface area contributed by atoms with Gasteiger partial charge in [-0.25, -0.2) is 9.97 Å². The molecule has 6 heteroatoms. The lowest BCUT2D eigenvalue weighted by Gasteiger charge is -2.08. The van der Waals surface area contributed by atoms with Crippen molar-refractivity contribution in [1.82, 2.24) is 15.0 Å². The molecule has 132 valence electrons. The van der Waals surface area contributed by atoms with Gasteiger partial charge in [-0.1, -0.05) is 43.0 Å². The number of aromatic nitrogens is 3. The number of nitrogens with one attached hydrogen (secondary N) is 3. The highest BCUT2D eigenvalue weighted by atomic mass is 16.1. The molecular formula is C21H17N5O. The van der Waals surface area contributed by atoms with Gasteiger partial charge in [0.1, 0.15) is 17.8 Å². The minimum atomic E-state index is -0.255. The molecule has 27 heavy (non-hydrogen) atoms. The van der Waals surface area contributed by atoms with Gasteiger partial charge in [0.25, 0.3) is 0 Å². The van der Waals surface area contributed by atoms with E-state index in [0.717, 1.165) is 28.0 Å². The van der Waals surface area contributed by atoms with Crippen molar-refractivity contribution in [2.24, 2.45) is 0 Å². The molecule has 0 bridgehead atoms. The van der Waals surface area contributed by atoms with Crippen LogP contribution in [0.15, 0.2) is 79.6 Å². The average molecular weight is 355 g/mol. The van der Waals surface area contributed by atoms with Crippen LogP contribution < -0.4 is 10.6 Å². The van der Waals surface area contributed by atoms with E-state index in [-0.39, 0.29) is 5.91 Å². The molecule has 0 atom stereocenters. The second-order valence-electron chi connectivity index (χ2n) is 5.93. The summed E-state index contributed by atoms with van der Waals surface area (Å²) in [6, 6.07) is 19.5. The Labute approximate surface area is 156 Å². The topological polar surface area (TPSA) is 82.7 Å². The highest BCUT2D eigenvalue weighted by Crippen LogP contribution is 2.28. The van der Waals surface area contributed by atoms with Gasteiger partial charge in [-0.2, -0.15) is 0 Å². The summed E-state index contributed by atoms with van der Waals surface area (Å²) in [7, 11) is 0. The molecule has 0 spiro atoms. The van der Waals surface area contributed by atoms with Crippen LogP contribution in [0.1, 0.15) is 0 Å². The van der Waals surface area contributed by atoms with Crippen LogP contribution in [0.3, 0.4) is 0 Å². The number of fused-ring (bicyclic) bond motifs is 1. The predicted molar refractivity (Wildman–Crippen MR) is 108 cm³/mol. The van der Waals surface area contributed by atoms with E-state index in [1.54, 1.807) is 0 Å². The summed E-state index contributed by atoms with van der Waals surface area (Å²) in [5, 5.41) is 6.93. The molecule has 0 aliphatic carbocycles. The van der Waals surface area contributed by atoms with Crippen molar-refractivity contribution >= 4 is 34.1 Å². The molecule has 0 aliphatic rings. The molecule has 0 saturated carbocycles. The Morgan fingerprint density at radius 1 is 1.00 bits per heavy atom. The van der Waals surface area contributed by atoms with Crippen molar-refractivity contribution in [1.29, 1.82) is 0 Å². The van der Waals surface area contributed by atoms with Crippen LogP contribution in [-0.4, -0.2) is 20.9 Å². The first kappa shape index (κ1) is 16.5. The first-order valence-electron chi connectivity index (χ1n) is 8.42. The molecule has 6 nitrogen and oxygen atoms in total. The number of rotatable bonds is 5. The molecule has 0 saturated heterocycles. The van der Waals surface area contributed by atoms with E-state index in [1.807, 2.05) is 60.7 Å². The Morgan fingerprint density at radius 2 is 1.81 bits per heavy atom. The minimum absolute atomic E-state index is 0.255. The Kier molecular flexibility index (Phi) is 4.37. The van der Waals surface area contributed by atoms with Gasteiger partial charge in [-0.15, -0.1) is 0 Å². The lowest BCUT2D eigenvalue weighted by atomic mass is 10.1. The van der Waals surface area contributed by atoms with Crippen molar-refractivity contribution in [3.63, 3.8) is 0 Å². The van der Waals surface area contributed by atoms with E-state index in [4.69, 9.17) is 0 Å². The van der Waals surface area contributed by atoms with Crippen LogP contribution in [0, 0.1) is 0 Å². The highest BCUT2D eigenvalue weighted by Gasteiger charge is 2.10. The number of hydrogen-bond acceptors (Lipinski definition) is 4. The quantitative estimate of drug-likeness (QED) is 0.461. The summed E-state index contributed by atoms with van der Waals surface area (Å²) in [4.78, 5) is 23.5. The van der Waals surface area contributed by atoms with Gasteiger partial charge in [-0.05, 0) is 35.9 Å². The first-order valence-corrected chi connectivity index (χ1v) is 8.42. The third-order valence-electron chi connectivity index (χ3n) is 4.09. The highest BCUT2D eigenvalue weighted by molar-refractivity contribution is 5.99. The molecule has 2 heterocycles. The Balaban J connectivity index is 1.66. The number of benzene rings is 2. The fraction of sp³-hybridized carbons (Fsp3) is 0. The number of hydrogen-bond donors (Lipinski definition) is 3. The largest absolute Gasteiger partial charge is 0.340 e. The number of anilines is 3. The monoisotopic (exact) mass is 355 g/mol. The first-order chi connectivity index (χ1) is 13.2. The van der Waals surface area contributed by atoms with Crippen molar-refractivity contribution in [2.45, 2.75) is 0 Å². The third kappa shape index (κ3) is 3.55. The number of amides is 1. The predicted octanol–water partition coefficient (Wildman–Crippen LogP) is 4.49. The van der Waals surface area contributed by atoms with Crippen LogP contribution in [0.25, 0.3) is 22.3 Å². The minimum Gasteiger partial charge on any atom is -0.340 e. The maximum absolute atomic E-state index is 11.5. The van der Waals surface area contributed by atoms with Gasteiger partial charge in [0.05, 0.1) is 5.39 Å². The van der Waals surface area contributed by atoms with E-state index >= 15 is 0 Å². The molecule has 4 rings (SSSR count). The number of aromatic amines is 1. The van der Waals surface area contributed by atoms with Crippen molar-refractivity contribution in [3.8, 4) is 11.3 Å². The normalized spacial score (nSPS) is 10.5. The van der Waals surface area contributed by atoms with Crippen molar-refractivity contribution in [3.05, 3.63) is 79.6 Å². The van der Waals surface area contributed by atoms with E-state index in [9.17, 15) is 4.79 Å². The molecule has 0 fully saturated rings. The SMILES string of the molecule is C=CC(=O)Nc1cccc(Nc2ncnc3[nH]c(-c4ccccc4)cc23)c1. The Morgan fingerprint density at radius 3 is 2.63 bits per heavy atom. The van der Waals surface area contributed by atoms with Crippen LogP contribution in [0.2, 0.25) is 0 Å². The van der Waals surface area contributed by atoms with E-state index in [0.29, 0.717) is 11.5 Å². The van der Waals surface area contributed by atoms with Gasteiger partial charge in [0.15, 0.2) is 0 Å². The summed E-state index contributed by atoms with van der Waals surface area (Å²) in [6.45, 7) is 3.46. The maximum atomic E-state index is 11.5. The molecule has 2 aromatic heterocycles. The number of H-pyrrole nitrogens is 1. The van der Waals surface area contributed by atoms with Crippen LogP contribution in [0.4, 0.5) is 17.2 Å². The van der Waals surface area contributed by atoms with Gasteiger partial charge >= 0.3 is 0 Å². The molecule has 0 unspecified atom stereocenters. The van der Waals surface area contributed by atoms with Crippen LogP contribution >= 0.6 is 0 Å². The lowest BCUT2D eigenvalue weighted by Crippen LogP contribution is -2.07. The smallest absolute Gasteiger partial charge is 0.247 e. The molecule has 0 aliphatic heterocycles. The molecule has 4 aromatic rings. The zero-order valence-corrected chi connectivity index (χ0v) is 14.4. The van der Waals surface area contributed by atoms with E-state index in [1.165, 1.54) is 12.4 Å². The number of nitrogens with zero attached hydrogens (tertiary/aromatic N) is 2. The maximum Gasteiger partial charge on any atom is 0.247 e. The van der Waals surface area contributed by atoms with Crippen LogP contribution in [0.5, 0.6) is 0 Å². The number of carbonyl (C=O) groups is 1. The average Bonchev–Trinajstić information content (AvgIpc) is 3.14. The van der Waals surface area contributed by atoms with E-state index < -0.39 is 0 Å². The summed E-state index contributed by atoms with van der Waals surface area (Å²) in [5.74, 6) is 0.431. The van der Waals surface area contributed by atoms with Gasteiger partial charge in [0.2, 0.25) is 5.91 Å². The second-order valence-corrected chi connectivity index (χ2v) is 5.93. The molecule has 0 radical (unpaired) electrons. The zero-order chi connectivity index (χ0) is 18.6. The fourth-order valence-electron chi connectivity index (χ4n) is 2.82. The van der Waals surface area contributed by atoms with Crippen LogP contribution in [-0.2, 0) is 4.79 Å². The second kappa shape index (κ2) is 7.13. The fourth-order valence-corrected chi connectivity index (χ4v) is 2.82. The Hall–Kier alpha value is -3.93. The van der Waals surface area contributed by atoms with Crippen molar-refractivity contribution in [2.75, 3.05) is 10.6 Å². The van der Waals surface area contributed by atoms with Gasteiger partial charge in [0, 0.05) is 17.1 Å². The molecule has 1 amide bonds. The standard InChI is InChI=1S/C21H17N5O/c1-2-19(27)24-15-9-6-10-16(11-15)25-20-17-12-18(14-7-4-3-5-8-14)26-21(17)23-13-22-20/h2-13H,1H2,(H,24,27)(H2,22,23,25,26). The number of carbonyl (C=O) groups excluding carboxylic acids is 1. The lowest BCUT2D eigenvalue weighted by molar-refractivity contribution is -0.111. The van der Waals surface area contributed by atoms with E-state index in [2.05, 4.69) is 32.2 Å². The molecular weight excluding hydrogens is 338 g/mol. The molecule has 2 aromatic carbocycles. The Bertz CT molecular complexity index is 1120. The summed E-state index contributed by atoms with van der Waals surface area (Å²) in [5.41, 5.74) is 4.28. The van der Waals surface area contributed by atoms with Crippen molar-refractivity contribution < 1.29 is 4.79 Å². The summed E-state index contributed by atoms with van der Waals surface area (Å²) in [6.07, 6.45) is 2.75. The van der Waals surface area contributed by atoms with Gasteiger partial charge < -0.3 is 15.6 Å². The van der Waals surface area contributed by atoms with Gasteiger partial charge in [-0.3, -0.25) is 4.79 Å².